The van der Waals surface area contributed by atoms with Crippen LogP contribution in [0.25, 0.3) is 11.3 Å². The predicted octanol–water partition coefficient (Wildman–Crippen LogP) is 6.25. The minimum Gasteiger partial charge on any atom is -0.380 e. The van der Waals surface area contributed by atoms with Crippen molar-refractivity contribution in [3.63, 3.8) is 0 Å². The zero-order chi connectivity index (χ0) is 24.0. The average molecular weight is 469 g/mol. The number of pyridine rings is 1. The molecule has 0 bridgehead atoms. The van der Waals surface area contributed by atoms with Crippen LogP contribution in [0.5, 0.6) is 0 Å². The van der Waals surface area contributed by atoms with E-state index < -0.39 is 11.9 Å². The van der Waals surface area contributed by atoms with E-state index in [0.29, 0.717) is 42.3 Å². The predicted molar refractivity (Wildman–Crippen MR) is 129 cm³/mol. The molecule has 180 valence electrons. The Morgan fingerprint density at radius 1 is 1.00 bits per heavy atom. The molecule has 0 saturated heterocycles. The van der Waals surface area contributed by atoms with Crippen molar-refractivity contribution in [3.05, 3.63) is 89.1 Å². The highest BCUT2D eigenvalue weighted by Crippen LogP contribution is 2.31. The molecule has 1 fully saturated rings. The SMILES string of the molecule is Cc1ccc(-c2cc(CCN[C@H](COCC3CC3)Cc3ccccc3)cc(C(F)(F)F)n2)cc1. The molecule has 1 heterocycles. The van der Waals surface area contributed by atoms with E-state index in [-0.39, 0.29) is 6.04 Å². The van der Waals surface area contributed by atoms with Crippen LogP contribution >= 0.6 is 0 Å². The molecule has 0 spiro atoms. The summed E-state index contributed by atoms with van der Waals surface area (Å²) in [7, 11) is 0. The van der Waals surface area contributed by atoms with Crippen LogP contribution in [0.4, 0.5) is 13.2 Å². The van der Waals surface area contributed by atoms with E-state index in [9.17, 15) is 13.2 Å². The van der Waals surface area contributed by atoms with Crippen molar-refractivity contribution in [2.75, 3.05) is 19.8 Å². The average Bonchev–Trinajstić information content (AvgIpc) is 3.64. The van der Waals surface area contributed by atoms with Gasteiger partial charge < -0.3 is 10.1 Å². The maximum absolute atomic E-state index is 13.5. The van der Waals surface area contributed by atoms with Gasteiger partial charge in [-0.15, -0.1) is 0 Å². The monoisotopic (exact) mass is 468 g/mol. The molecule has 3 nitrogen and oxygen atoms in total. The fourth-order valence-corrected chi connectivity index (χ4v) is 3.92. The molecule has 1 N–H and O–H groups in total. The number of hydrogen-bond donors (Lipinski definition) is 1. The summed E-state index contributed by atoms with van der Waals surface area (Å²) in [6.45, 7) is 3.87. The maximum atomic E-state index is 13.5. The summed E-state index contributed by atoms with van der Waals surface area (Å²) in [6.07, 6.45) is -0.731. The molecule has 1 atom stereocenters. The number of nitrogens with one attached hydrogen (secondary N) is 1. The molecule has 6 heteroatoms. The van der Waals surface area contributed by atoms with Crippen LogP contribution in [0, 0.1) is 12.8 Å². The lowest BCUT2D eigenvalue weighted by Gasteiger charge is -2.20. The number of rotatable bonds is 11. The Morgan fingerprint density at radius 3 is 2.41 bits per heavy atom. The van der Waals surface area contributed by atoms with Gasteiger partial charge in [-0.3, -0.25) is 0 Å². The first-order valence-electron chi connectivity index (χ1n) is 11.9. The van der Waals surface area contributed by atoms with E-state index >= 15 is 0 Å². The van der Waals surface area contributed by atoms with Gasteiger partial charge in [-0.05, 0) is 68.3 Å². The fraction of sp³-hybridized carbons (Fsp3) is 0.393. The summed E-state index contributed by atoms with van der Waals surface area (Å²) in [5.74, 6) is 0.690. The molecule has 0 amide bonds. The number of nitrogens with zero attached hydrogens (tertiary/aromatic N) is 1. The summed E-state index contributed by atoms with van der Waals surface area (Å²) in [5, 5.41) is 3.51. The molecule has 0 radical (unpaired) electrons. The van der Waals surface area contributed by atoms with Crippen LogP contribution in [0.15, 0.2) is 66.7 Å². The quantitative estimate of drug-likeness (QED) is 0.361. The van der Waals surface area contributed by atoms with Gasteiger partial charge in [0.25, 0.3) is 0 Å². The Bertz CT molecular complexity index is 1050. The summed E-state index contributed by atoms with van der Waals surface area (Å²) < 4.78 is 46.5. The molecule has 2 aromatic carbocycles. The van der Waals surface area contributed by atoms with Crippen molar-refractivity contribution in [2.24, 2.45) is 5.92 Å². The van der Waals surface area contributed by atoms with Gasteiger partial charge in [-0.2, -0.15) is 13.2 Å². The Kier molecular flexibility index (Phi) is 8.01. The van der Waals surface area contributed by atoms with Crippen molar-refractivity contribution in [2.45, 2.75) is 44.8 Å². The topological polar surface area (TPSA) is 34.1 Å². The molecule has 4 rings (SSSR count). The van der Waals surface area contributed by atoms with Crippen LogP contribution < -0.4 is 5.32 Å². The molecule has 1 aliphatic rings. The van der Waals surface area contributed by atoms with Gasteiger partial charge in [0.15, 0.2) is 0 Å². The number of hydrogen-bond acceptors (Lipinski definition) is 3. The fourth-order valence-electron chi connectivity index (χ4n) is 3.92. The normalized spacial score (nSPS) is 14.8. The molecule has 1 aliphatic carbocycles. The van der Waals surface area contributed by atoms with Gasteiger partial charge in [0, 0.05) is 18.2 Å². The molecule has 34 heavy (non-hydrogen) atoms. The third-order valence-corrected chi connectivity index (χ3v) is 6.06. The zero-order valence-corrected chi connectivity index (χ0v) is 19.4. The van der Waals surface area contributed by atoms with Crippen LogP contribution in [-0.4, -0.2) is 30.8 Å². The number of aromatic nitrogens is 1. The Hall–Kier alpha value is -2.70. The van der Waals surface area contributed by atoms with Gasteiger partial charge in [0.1, 0.15) is 5.69 Å². The first-order chi connectivity index (χ1) is 16.4. The van der Waals surface area contributed by atoms with E-state index in [1.165, 1.54) is 18.4 Å². The van der Waals surface area contributed by atoms with E-state index in [1.54, 1.807) is 6.07 Å². The lowest BCUT2D eigenvalue weighted by molar-refractivity contribution is -0.141. The minimum atomic E-state index is -4.49. The third kappa shape index (κ3) is 7.40. The highest BCUT2D eigenvalue weighted by Gasteiger charge is 2.33. The first kappa shape index (κ1) is 24.4. The van der Waals surface area contributed by atoms with Gasteiger partial charge in [-0.25, -0.2) is 4.98 Å². The van der Waals surface area contributed by atoms with Crippen LogP contribution in [0.2, 0.25) is 0 Å². The van der Waals surface area contributed by atoms with Gasteiger partial charge >= 0.3 is 6.18 Å². The molecule has 3 aromatic rings. The zero-order valence-electron chi connectivity index (χ0n) is 19.4. The van der Waals surface area contributed by atoms with Crippen LogP contribution in [-0.2, 0) is 23.8 Å². The summed E-state index contributed by atoms with van der Waals surface area (Å²) in [4.78, 5) is 3.90. The van der Waals surface area contributed by atoms with Crippen molar-refractivity contribution in [1.82, 2.24) is 10.3 Å². The number of halogens is 3. The minimum absolute atomic E-state index is 0.0987. The first-order valence-corrected chi connectivity index (χ1v) is 11.9. The van der Waals surface area contributed by atoms with Gasteiger partial charge in [-0.1, -0.05) is 60.2 Å². The molecular weight excluding hydrogens is 437 g/mol. The molecule has 0 unspecified atom stereocenters. The molecule has 0 aliphatic heterocycles. The number of benzene rings is 2. The summed E-state index contributed by atoms with van der Waals surface area (Å²) >= 11 is 0. The Morgan fingerprint density at radius 2 is 1.74 bits per heavy atom. The molecule has 1 aromatic heterocycles. The Labute approximate surface area is 199 Å². The van der Waals surface area contributed by atoms with E-state index in [1.807, 2.05) is 49.4 Å². The van der Waals surface area contributed by atoms with Gasteiger partial charge in [0.2, 0.25) is 0 Å². The standard InChI is InChI=1S/C28H31F3N2O/c1-20-7-11-24(12-8-20)26-16-23(17-27(33-26)28(29,30)31)13-14-32-25(19-34-18-22-9-10-22)15-21-5-3-2-4-6-21/h2-8,11-12,16-17,22,25,32H,9-10,13-15,18-19H2,1H3/t25-/m0/s1. The van der Waals surface area contributed by atoms with Crippen molar-refractivity contribution in [3.8, 4) is 11.3 Å². The Balaban J connectivity index is 1.44. The summed E-state index contributed by atoms with van der Waals surface area (Å²) in [6, 6.07) is 20.6. The van der Waals surface area contributed by atoms with Crippen molar-refractivity contribution in [1.29, 1.82) is 0 Å². The van der Waals surface area contributed by atoms with Crippen molar-refractivity contribution >= 4 is 0 Å². The highest BCUT2D eigenvalue weighted by molar-refractivity contribution is 5.60. The molecular formula is C28H31F3N2O. The summed E-state index contributed by atoms with van der Waals surface area (Å²) in [5.41, 5.74) is 3.05. The lowest BCUT2D eigenvalue weighted by atomic mass is 10.0. The van der Waals surface area contributed by atoms with Crippen LogP contribution in [0.1, 0.15) is 35.2 Å². The third-order valence-electron chi connectivity index (χ3n) is 6.06. The second-order valence-corrected chi connectivity index (χ2v) is 9.18. The van der Waals surface area contributed by atoms with Gasteiger partial charge in [0.05, 0.1) is 12.3 Å². The van der Waals surface area contributed by atoms with E-state index in [4.69, 9.17) is 4.74 Å². The van der Waals surface area contributed by atoms with Crippen molar-refractivity contribution < 1.29 is 17.9 Å². The van der Waals surface area contributed by atoms with E-state index in [0.717, 1.165) is 24.7 Å². The van der Waals surface area contributed by atoms with E-state index in [2.05, 4.69) is 22.4 Å². The maximum Gasteiger partial charge on any atom is 0.433 e. The smallest absolute Gasteiger partial charge is 0.380 e. The second-order valence-electron chi connectivity index (χ2n) is 9.18. The number of aryl methyl sites for hydroxylation is 1. The lowest BCUT2D eigenvalue weighted by Crippen LogP contribution is -2.37. The second kappa shape index (κ2) is 11.2. The van der Waals surface area contributed by atoms with Crippen LogP contribution in [0.3, 0.4) is 0 Å². The highest BCUT2D eigenvalue weighted by atomic mass is 19.4. The number of alkyl halides is 3. The number of ether oxygens (including phenoxy) is 1. The largest absolute Gasteiger partial charge is 0.433 e. The molecule has 1 saturated carbocycles.